The van der Waals surface area contributed by atoms with Gasteiger partial charge in [0.05, 0.1) is 16.7 Å². The number of carbonyl (C=O) groups is 1. The van der Waals surface area contributed by atoms with E-state index in [1.807, 2.05) is 0 Å². The fourth-order valence-corrected chi connectivity index (χ4v) is 1.93. The second-order valence-electron chi connectivity index (χ2n) is 3.84. The lowest BCUT2D eigenvalue weighted by molar-refractivity contribution is 0.0857. The molecule has 0 bridgehead atoms. The van der Waals surface area contributed by atoms with E-state index in [0.717, 1.165) is 19.4 Å². The number of hydrogen-bond acceptors (Lipinski definition) is 3. The molecule has 0 radical (unpaired) electrons. The quantitative estimate of drug-likeness (QED) is 0.861. The van der Waals surface area contributed by atoms with Crippen molar-refractivity contribution in [3.05, 3.63) is 28.0 Å². The maximum Gasteiger partial charge on any atom is 0.252 e. The molecule has 1 aliphatic rings. The topological polar surface area (TPSA) is 51.2 Å². The van der Waals surface area contributed by atoms with Gasteiger partial charge in [0.25, 0.3) is 5.91 Å². The molecule has 4 nitrogen and oxygen atoms in total. The third kappa shape index (κ3) is 3.31. The number of rotatable bonds is 3. The summed E-state index contributed by atoms with van der Waals surface area (Å²) in [4.78, 5) is 15.6. The molecule has 6 heteroatoms. The number of carbonyl (C=O) groups excluding carboxylic acids is 1. The summed E-state index contributed by atoms with van der Waals surface area (Å²) >= 11 is 11.5. The van der Waals surface area contributed by atoms with Crippen LogP contribution < -0.4 is 5.32 Å². The van der Waals surface area contributed by atoms with E-state index < -0.39 is 0 Å². The minimum atomic E-state index is -0.216. The van der Waals surface area contributed by atoms with Crippen molar-refractivity contribution in [1.29, 1.82) is 0 Å². The van der Waals surface area contributed by atoms with Gasteiger partial charge in [0.2, 0.25) is 0 Å². The number of hydrogen-bond donors (Lipinski definition) is 1. The smallest absolute Gasteiger partial charge is 0.252 e. The standard InChI is InChI=1S/C11H12Cl2N2O2/c12-9-4-7(5-14-10(9)13)11(16)15-6-8-2-1-3-17-8/h4-5,8H,1-3,6H2,(H,15,16)/t8-/m0/s1. The fraction of sp³-hybridized carbons (Fsp3) is 0.455. The van der Waals surface area contributed by atoms with E-state index in [-0.39, 0.29) is 22.2 Å². The zero-order valence-corrected chi connectivity index (χ0v) is 10.6. The lowest BCUT2D eigenvalue weighted by Crippen LogP contribution is -2.31. The van der Waals surface area contributed by atoms with Crippen LogP contribution in [0.2, 0.25) is 10.2 Å². The summed E-state index contributed by atoms with van der Waals surface area (Å²) in [6.45, 7) is 1.29. The number of nitrogens with one attached hydrogen (secondary N) is 1. The predicted octanol–water partition coefficient (Wildman–Crippen LogP) is 2.30. The first kappa shape index (κ1) is 12.6. The first-order chi connectivity index (χ1) is 8.16. The SMILES string of the molecule is O=C(NC[C@@H]1CCCO1)c1cnc(Cl)c(Cl)c1. The van der Waals surface area contributed by atoms with Gasteiger partial charge in [-0.1, -0.05) is 23.2 Å². The molecule has 17 heavy (non-hydrogen) atoms. The molecule has 0 unspecified atom stereocenters. The first-order valence-electron chi connectivity index (χ1n) is 5.37. The molecule has 1 fully saturated rings. The summed E-state index contributed by atoms with van der Waals surface area (Å²) < 4.78 is 5.40. The Morgan fingerprint density at radius 3 is 3.06 bits per heavy atom. The molecular formula is C11H12Cl2N2O2. The average molecular weight is 275 g/mol. The highest BCUT2D eigenvalue weighted by Gasteiger charge is 2.17. The summed E-state index contributed by atoms with van der Waals surface area (Å²) in [6.07, 6.45) is 3.56. The number of halogens is 2. The van der Waals surface area contributed by atoms with Crippen molar-refractivity contribution in [2.75, 3.05) is 13.2 Å². The average Bonchev–Trinajstić information content (AvgIpc) is 2.82. The molecule has 0 saturated carbocycles. The molecule has 1 aromatic heterocycles. The van der Waals surface area contributed by atoms with E-state index in [9.17, 15) is 4.79 Å². The van der Waals surface area contributed by atoms with Gasteiger partial charge in [-0.3, -0.25) is 4.79 Å². The highest BCUT2D eigenvalue weighted by Crippen LogP contribution is 2.19. The van der Waals surface area contributed by atoms with Crippen molar-refractivity contribution in [2.24, 2.45) is 0 Å². The zero-order chi connectivity index (χ0) is 12.3. The van der Waals surface area contributed by atoms with E-state index in [1.54, 1.807) is 0 Å². The van der Waals surface area contributed by atoms with Crippen LogP contribution >= 0.6 is 23.2 Å². The molecule has 1 saturated heterocycles. The predicted molar refractivity (Wildman–Crippen MR) is 65.6 cm³/mol. The van der Waals surface area contributed by atoms with E-state index in [2.05, 4.69) is 10.3 Å². The van der Waals surface area contributed by atoms with Crippen LogP contribution in [-0.4, -0.2) is 30.1 Å². The maximum atomic E-state index is 11.8. The maximum absolute atomic E-state index is 11.8. The van der Waals surface area contributed by atoms with Gasteiger partial charge in [0, 0.05) is 19.3 Å². The Morgan fingerprint density at radius 1 is 1.59 bits per heavy atom. The van der Waals surface area contributed by atoms with Crippen molar-refractivity contribution in [3.63, 3.8) is 0 Å². The van der Waals surface area contributed by atoms with E-state index in [1.165, 1.54) is 12.3 Å². The largest absolute Gasteiger partial charge is 0.376 e. The van der Waals surface area contributed by atoms with Crippen molar-refractivity contribution in [3.8, 4) is 0 Å². The van der Waals surface area contributed by atoms with Gasteiger partial charge in [-0.05, 0) is 18.9 Å². The fourth-order valence-electron chi connectivity index (χ4n) is 1.66. The molecule has 1 N–H and O–H groups in total. The summed E-state index contributed by atoms with van der Waals surface area (Å²) in [5.41, 5.74) is 0.400. The molecule has 1 amide bonds. The number of nitrogens with zero attached hydrogens (tertiary/aromatic N) is 1. The Kier molecular flexibility index (Phi) is 4.20. The van der Waals surface area contributed by atoms with Crippen molar-refractivity contribution in [2.45, 2.75) is 18.9 Å². The van der Waals surface area contributed by atoms with Gasteiger partial charge in [-0.25, -0.2) is 4.98 Å². The monoisotopic (exact) mass is 274 g/mol. The van der Waals surface area contributed by atoms with Crippen molar-refractivity contribution in [1.82, 2.24) is 10.3 Å². The summed E-state index contributed by atoms with van der Waals surface area (Å²) in [5.74, 6) is -0.216. The molecule has 1 aromatic rings. The van der Waals surface area contributed by atoms with Crippen LogP contribution in [-0.2, 0) is 4.74 Å². The van der Waals surface area contributed by atoms with Crippen LogP contribution in [0.1, 0.15) is 23.2 Å². The third-order valence-corrected chi connectivity index (χ3v) is 3.26. The molecular weight excluding hydrogens is 263 g/mol. The number of ether oxygens (including phenoxy) is 1. The summed E-state index contributed by atoms with van der Waals surface area (Å²) in [7, 11) is 0. The van der Waals surface area contributed by atoms with Crippen LogP contribution in [0.25, 0.3) is 0 Å². The minimum absolute atomic E-state index is 0.120. The van der Waals surface area contributed by atoms with E-state index >= 15 is 0 Å². The van der Waals surface area contributed by atoms with Crippen molar-refractivity contribution >= 4 is 29.1 Å². The molecule has 1 aliphatic heterocycles. The zero-order valence-electron chi connectivity index (χ0n) is 9.08. The lowest BCUT2D eigenvalue weighted by atomic mass is 10.2. The number of aromatic nitrogens is 1. The number of amides is 1. The Hall–Kier alpha value is -0.840. The molecule has 2 rings (SSSR count). The minimum Gasteiger partial charge on any atom is -0.376 e. The Balaban J connectivity index is 1.92. The van der Waals surface area contributed by atoms with Crippen molar-refractivity contribution < 1.29 is 9.53 Å². The van der Waals surface area contributed by atoms with Crippen LogP contribution in [0, 0.1) is 0 Å². The highest BCUT2D eigenvalue weighted by atomic mass is 35.5. The third-order valence-electron chi connectivity index (χ3n) is 2.57. The Labute approximate surface area is 109 Å². The van der Waals surface area contributed by atoms with Gasteiger partial charge in [-0.15, -0.1) is 0 Å². The van der Waals surface area contributed by atoms with Gasteiger partial charge >= 0.3 is 0 Å². The van der Waals surface area contributed by atoms with Gasteiger partial charge in [0.1, 0.15) is 5.15 Å². The molecule has 0 aliphatic carbocycles. The van der Waals surface area contributed by atoms with E-state index in [4.69, 9.17) is 27.9 Å². The summed E-state index contributed by atoms with van der Waals surface area (Å²) in [5, 5.41) is 3.25. The Bertz CT molecular complexity index is 420. The molecule has 0 aromatic carbocycles. The van der Waals surface area contributed by atoms with Gasteiger partial charge in [0.15, 0.2) is 0 Å². The van der Waals surface area contributed by atoms with Crippen LogP contribution in [0.5, 0.6) is 0 Å². The molecule has 92 valence electrons. The highest BCUT2D eigenvalue weighted by molar-refractivity contribution is 6.41. The second-order valence-corrected chi connectivity index (χ2v) is 4.61. The van der Waals surface area contributed by atoms with Gasteiger partial charge < -0.3 is 10.1 Å². The molecule has 2 heterocycles. The normalized spacial score (nSPS) is 19.3. The molecule has 0 spiro atoms. The lowest BCUT2D eigenvalue weighted by Gasteiger charge is -2.10. The summed E-state index contributed by atoms with van der Waals surface area (Å²) in [6, 6.07) is 1.50. The Morgan fingerprint density at radius 2 is 2.41 bits per heavy atom. The molecule has 1 atom stereocenters. The van der Waals surface area contributed by atoms with Crippen LogP contribution in [0.15, 0.2) is 12.3 Å². The second kappa shape index (κ2) is 5.67. The van der Waals surface area contributed by atoms with E-state index in [0.29, 0.717) is 12.1 Å². The van der Waals surface area contributed by atoms with Crippen LogP contribution in [0.4, 0.5) is 0 Å². The first-order valence-corrected chi connectivity index (χ1v) is 6.13. The van der Waals surface area contributed by atoms with Gasteiger partial charge in [-0.2, -0.15) is 0 Å². The van der Waals surface area contributed by atoms with Crippen LogP contribution in [0.3, 0.4) is 0 Å². The number of pyridine rings is 1.